The van der Waals surface area contributed by atoms with E-state index in [9.17, 15) is 4.79 Å². The number of hydrogen-bond acceptors (Lipinski definition) is 3. The molecule has 0 aliphatic heterocycles. The first-order chi connectivity index (χ1) is 9.30. The number of rotatable bonds is 5. The summed E-state index contributed by atoms with van der Waals surface area (Å²) in [4.78, 5) is 12.4. The SMILES string of the molecule is COc1ccc(C(C(=O)NC(C)(C)C#N)C(C)C)cc1. The van der Waals surface area contributed by atoms with Gasteiger partial charge in [0.1, 0.15) is 11.3 Å². The van der Waals surface area contributed by atoms with E-state index in [1.807, 2.05) is 38.1 Å². The maximum atomic E-state index is 12.4. The van der Waals surface area contributed by atoms with E-state index in [-0.39, 0.29) is 17.7 Å². The summed E-state index contributed by atoms with van der Waals surface area (Å²) in [5, 5.41) is 11.8. The van der Waals surface area contributed by atoms with Crippen LogP contribution in [0.4, 0.5) is 0 Å². The highest BCUT2D eigenvalue weighted by Gasteiger charge is 2.28. The van der Waals surface area contributed by atoms with E-state index in [0.717, 1.165) is 11.3 Å². The van der Waals surface area contributed by atoms with Crippen LogP contribution in [0.3, 0.4) is 0 Å². The van der Waals surface area contributed by atoms with E-state index in [1.54, 1.807) is 21.0 Å². The van der Waals surface area contributed by atoms with Gasteiger partial charge in [-0.05, 0) is 37.5 Å². The van der Waals surface area contributed by atoms with E-state index in [4.69, 9.17) is 10.00 Å². The number of amides is 1. The fourth-order valence-electron chi connectivity index (χ4n) is 2.06. The fourth-order valence-corrected chi connectivity index (χ4v) is 2.06. The van der Waals surface area contributed by atoms with Crippen LogP contribution in [0, 0.1) is 17.2 Å². The third-order valence-corrected chi connectivity index (χ3v) is 3.14. The van der Waals surface area contributed by atoms with Crippen molar-refractivity contribution in [2.75, 3.05) is 7.11 Å². The average molecular weight is 274 g/mol. The molecule has 0 saturated heterocycles. The second kappa shape index (κ2) is 6.42. The molecule has 108 valence electrons. The molecule has 1 unspecified atom stereocenters. The molecule has 0 bridgehead atoms. The van der Waals surface area contributed by atoms with Gasteiger partial charge in [-0.3, -0.25) is 4.79 Å². The number of hydrogen-bond donors (Lipinski definition) is 1. The molecular weight excluding hydrogens is 252 g/mol. The van der Waals surface area contributed by atoms with Crippen LogP contribution in [0.1, 0.15) is 39.2 Å². The Morgan fingerprint density at radius 3 is 2.25 bits per heavy atom. The molecule has 1 amide bonds. The first-order valence-electron chi connectivity index (χ1n) is 6.68. The van der Waals surface area contributed by atoms with Gasteiger partial charge in [-0.15, -0.1) is 0 Å². The Hall–Kier alpha value is -2.02. The normalized spacial score (nSPS) is 12.7. The lowest BCUT2D eigenvalue weighted by Gasteiger charge is -2.25. The van der Waals surface area contributed by atoms with Crippen molar-refractivity contribution in [2.24, 2.45) is 5.92 Å². The highest BCUT2D eigenvalue weighted by Crippen LogP contribution is 2.27. The van der Waals surface area contributed by atoms with Crippen LogP contribution in [0.5, 0.6) is 5.75 Å². The molecule has 0 spiro atoms. The predicted molar refractivity (Wildman–Crippen MR) is 78.4 cm³/mol. The van der Waals surface area contributed by atoms with Crippen molar-refractivity contribution < 1.29 is 9.53 Å². The van der Waals surface area contributed by atoms with E-state index < -0.39 is 5.54 Å². The van der Waals surface area contributed by atoms with Crippen molar-refractivity contribution in [1.82, 2.24) is 5.32 Å². The molecule has 1 rings (SSSR count). The molecule has 0 aromatic heterocycles. The van der Waals surface area contributed by atoms with Crippen molar-refractivity contribution in [2.45, 2.75) is 39.2 Å². The van der Waals surface area contributed by atoms with Crippen LogP contribution in [-0.4, -0.2) is 18.6 Å². The van der Waals surface area contributed by atoms with Crippen molar-refractivity contribution in [3.05, 3.63) is 29.8 Å². The van der Waals surface area contributed by atoms with Crippen LogP contribution in [-0.2, 0) is 4.79 Å². The summed E-state index contributed by atoms with van der Waals surface area (Å²) in [5.74, 6) is 0.483. The van der Waals surface area contributed by atoms with Gasteiger partial charge in [0.05, 0.1) is 19.1 Å². The summed E-state index contributed by atoms with van der Waals surface area (Å²) in [6.45, 7) is 7.37. The minimum absolute atomic E-state index is 0.128. The van der Waals surface area contributed by atoms with E-state index >= 15 is 0 Å². The molecule has 4 nitrogen and oxygen atoms in total. The Morgan fingerprint density at radius 2 is 1.85 bits per heavy atom. The van der Waals surface area contributed by atoms with Crippen molar-refractivity contribution in [3.8, 4) is 11.8 Å². The lowest BCUT2D eigenvalue weighted by molar-refractivity contribution is -0.124. The molecule has 1 N–H and O–H groups in total. The van der Waals surface area contributed by atoms with Gasteiger partial charge in [0.2, 0.25) is 5.91 Å². The molecule has 0 aliphatic carbocycles. The Balaban J connectivity index is 2.99. The number of carbonyl (C=O) groups excluding carboxylic acids is 1. The molecule has 4 heteroatoms. The predicted octanol–water partition coefficient (Wildman–Crippen LogP) is 2.85. The van der Waals surface area contributed by atoms with Gasteiger partial charge >= 0.3 is 0 Å². The average Bonchev–Trinajstić information content (AvgIpc) is 2.38. The molecule has 0 heterocycles. The zero-order chi connectivity index (χ0) is 15.3. The van der Waals surface area contributed by atoms with Crippen LogP contribution in [0.25, 0.3) is 0 Å². The van der Waals surface area contributed by atoms with Crippen molar-refractivity contribution >= 4 is 5.91 Å². The van der Waals surface area contributed by atoms with Gasteiger partial charge in [-0.25, -0.2) is 0 Å². The molecule has 1 aromatic carbocycles. The quantitative estimate of drug-likeness (QED) is 0.898. The highest BCUT2D eigenvalue weighted by molar-refractivity contribution is 5.84. The Bertz CT molecular complexity index is 498. The molecule has 1 aromatic rings. The second-order valence-corrected chi connectivity index (χ2v) is 5.72. The Morgan fingerprint density at radius 1 is 1.30 bits per heavy atom. The summed E-state index contributed by atoms with van der Waals surface area (Å²) in [7, 11) is 1.61. The molecule has 20 heavy (non-hydrogen) atoms. The van der Waals surface area contributed by atoms with E-state index in [1.165, 1.54) is 0 Å². The number of ether oxygens (including phenoxy) is 1. The van der Waals surface area contributed by atoms with Gasteiger partial charge in [-0.1, -0.05) is 26.0 Å². The molecular formula is C16H22N2O2. The topological polar surface area (TPSA) is 62.1 Å². The number of nitriles is 1. The third-order valence-electron chi connectivity index (χ3n) is 3.14. The van der Waals surface area contributed by atoms with E-state index in [2.05, 4.69) is 11.4 Å². The number of carbonyl (C=O) groups is 1. The lowest BCUT2D eigenvalue weighted by Crippen LogP contribution is -2.45. The van der Waals surface area contributed by atoms with Crippen LogP contribution in [0.15, 0.2) is 24.3 Å². The molecule has 0 saturated carbocycles. The van der Waals surface area contributed by atoms with Gasteiger partial charge < -0.3 is 10.1 Å². The molecule has 0 aliphatic rings. The van der Waals surface area contributed by atoms with Crippen molar-refractivity contribution in [1.29, 1.82) is 5.26 Å². The van der Waals surface area contributed by atoms with Gasteiger partial charge in [-0.2, -0.15) is 5.26 Å². The summed E-state index contributed by atoms with van der Waals surface area (Å²) in [6.07, 6.45) is 0. The minimum Gasteiger partial charge on any atom is -0.497 e. The molecule has 1 atom stereocenters. The summed E-state index contributed by atoms with van der Waals surface area (Å²) >= 11 is 0. The number of nitrogens with one attached hydrogen (secondary N) is 1. The monoisotopic (exact) mass is 274 g/mol. The second-order valence-electron chi connectivity index (χ2n) is 5.72. The summed E-state index contributed by atoms with van der Waals surface area (Å²) in [5.41, 5.74) is 0.0588. The first-order valence-corrected chi connectivity index (χ1v) is 6.68. The Labute approximate surface area is 120 Å². The van der Waals surface area contributed by atoms with Crippen LogP contribution >= 0.6 is 0 Å². The molecule has 0 fully saturated rings. The van der Waals surface area contributed by atoms with Crippen molar-refractivity contribution in [3.63, 3.8) is 0 Å². The van der Waals surface area contributed by atoms with Gasteiger partial charge in [0.15, 0.2) is 0 Å². The molecule has 0 radical (unpaired) electrons. The highest BCUT2D eigenvalue weighted by atomic mass is 16.5. The van der Waals surface area contributed by atoms with E-state index in [0.29, 0.717) is 0 Å². The van der Waals surface area contributed by atoms with Crippen LogP contribution < -0.4 is 10.1 Å². The number of benzene rings is 1. The fraction of sp³-hybridized carbons (Fsp3) is 0.500. The summed E-state index contributed by atoms with van der Waals surface area (Å²) < 4.78 is 5.12. The Kier molecular flexibility index (Phi) is 5.15. The van der Waals surface area contributed by atoms with Crippen LogP contribution in [0.2, 0.25) is 0 Å². The van der Waals surface area contributed by atoms with Gasteiger partial charge in [0, 0.05) is 0 Å². The maximum Gasteiger partial charge on any atom is 0.229 e. The largest absolute Gasteiger partial charge is 0.497 e. The first kappa shape index (κ1) is 16.0. The zero-order valence-electron chi connectivity index (χ0n) is 12.7. The number of nitrogens with zero attached hydrogens (tertiary/aromatic N) is 1. The standard InChI is InChI=1S/C16H22N2O2/c1-11(2)14(15(19)18-16(3,4)10-17)12-6-8-13(20-5)9-7-12/h6-9,11,14H,1-5H3,(H,18,19). The third kappa shape index (κ3) is 3.99. The number of methoxy groups -OCH3 is 1. The maximum absolute atomic E-state index is 12.4. The minimum atomic E-state index is -0.864. The zero-order valence-corrected chi connectivity index (χ0v) is 12.7. The van der Waals surface area contributed by atoms with Gasteiger partial charge in [0.25, 0.3) is 0 Å². The summed E-state index contributed by atoms with van der Waals surface area (Å²) in [6, 6.07) is 9.55. The smallest absolute Gasteiger partial charge is 0.229 e. The lowest BCUT2D eigenvalue weighted by atomic mass is 9.87.